The summed E-state index contributed by atoms with van der Waals surface area (Å²) in [6.45, 7) is 0. The smallest absolute Gasteiger partial charge is 0.343 e. The standard InChI is InChI=1S/C22H9F5O7S/c23-8-1-6-12(4-11(8)28)33-20-7(2-10(25)19(31)18(20)27)22(6)16-15(21(32)34-22)9(24)3-13(17(16)26)35-5-14(29)30/h1-4,28,31H,5H2,(H,29,30). The Kier molecular flexibility index (Phi) is 4.88. The molecular formula is C22H9F5O7S. The molecule has 0 aromatic heterocycles. The molecule has 0 bridgehead atoms. The number of fused-ring (bicyclic) bond motifs is 6. The number of carbonyl (C=O) groups excluding carboxylic acids is 1. The molecule has 0 saturated carbocycles. The predicted molar refractivity (Wildman–Crippen MR) is 106 cm³/mol. The van der Waals surface area contributed by atoms with E-state index in [2.05, 4.69) is 0 Å². The molecule has 0 amide bonds. The Bertz CT molecular complexity index is 1490. The van der Waals surface area contributed by atoms with Crippen molar-refractivity contribution in [2.45, 2.75) is 10.5 Å². The molecule has 1 spiro atoms. The molecular weight excluding hydrogens is 503 g/mol. The van der Waals surface area contributed by atoms with Crippen molar-refractivity contribution in [3.63, 3.8) is 0 Å². The molecule has 13 heteroatoms. The van der Waals surface area contributed by atoms with Gasteiger partial charge in [0.1, 0.15) is 22.9 Å². The van der Waals surface area contributed by atoms with Gasteiger partial charge in [-0.3, -0.25) is 4.79 Å². The zero-order valence-electron chi connectivity index (χ0n) is 16.8. The highest BCUT2D eigenvalue weighted by molar-refractivity contribution is 8.00. The van der Waals surface area contributed by atoms with Crippen LogP contribution in [0.4, 0.5) is 22.0 Å². The molecule has 2 heterocycles. The molecule has 0 saturated heterocycles. The van der Waals surface area contributed by atoms with Gasteiger partial charge in [-0.05, 0) is 18.2 Å². The normalized spacial score (nSPS) is 17.5. The zero-order valence-corrected chi connectivity index (χ0v) is 17.6. The Morgan fingerprint density at radius 2 is 1.63 bits per heavy atom. The predicted octanol–water partition coefficient (Wildman–Crippen LogP) is 4.54. The van der Waals surface area contributed by atoms with Gasteiger partial charge >= 0.3 is 11.9 Å². The van der Waals surface area contributed by atoms with E-state index in [0.717, 1.165) is 0 Å². The number of carboxylic acid groups (broad SMARTS) is 1. The van der Waals surface area contributed by atoms with Gasteiger partial charge in [-0.25, -0.2) is 22.4 Å². The minimum atomic E-state index is -2.73. The van der Waals surface area contributed by atoms with Gasteiger partial charge in [0, 0.05) is 11.0 Å². The Morgan fingerprint density at radius 3 is 2.31 bits per heavy atom. The van der Waals surface area contributed by atoms with E-state index in [1.54, 1.807) is 0 Å². The van der Waals surface area contributed by atoms with Crippen molar-refractivity contribution < 1.29 is 56.3 Å². The number of benzene rings is 3. The Hall–Kier alpha value is -4.00. The summed E-state index contributed by atoms with van der Waals surface area (Å²) < 4.78 is 85.1. The number of aromatic hydroxyl groups is 2. The summed E-state index contributed by atoms with van der Waals surface area (Å²) in [6.07, 6.45) is 0. The summed E-state index contributed by atoms with van der Waals surface area (Å²) >= 11 is 0.346. The molecule has 2 aliphatic rings. The van der Waals surface area contributed by atoms with Crippen LogP contribution < -0.4 is 4.74 Å². The van der Waals surface area contributed by atoms with Gasteiger partial charge in [-0.2, -0.15) is 4.39 Å². The number of hydrogen-bond donors (Lipinski definition) is 3. The molecule has 35 heavy (non-hydrogen) atoms. The highest BCUT2D eigenvalue weighted by atomic mass is 32.2. The van der Waals surface area contributed by atoms with E-state index in [9.17, 15) is 33.0 Å². The maximum Gasteiger partial charge on any atom is 0.343 e. The van der Waals surface area contributed by atoms with E-state index in [-0.39, 0.29) is 0 Å². The van der Waals surface area contributed by atoms with Gasteiger partial charge in [0.05, 0.1) is 22.4 Å². The number of rotatable bonds is 3. The number of aliphatic carboxylic acids is 1. The minimum Gasteiger partial charge on any atom is -0.505 e. The number of hydrogen-bond acceptors (Lipinski definition) is 7. The van der Waals surface area contributed by atoms with Crippen LogP contribution in [0, 0.1) is 29.1 Å². The topological polar surface area (TPSA) is 113 Å². The third-order valence-corrected chi connectivity index (χ3v) is 6.50. The summed E-state index contributed by atoms with van der Waals surface area (Å²) in [7, 11) is 0. The second kappa shape index (κ2) is 7.50. The monoisotopic (exact) mass is 512 g/mol. The van der Waals surface area contributed by atoms with Crippen molar-refractivity contribution in [1.29, 1.82) is 0 Å². The fourth-order valence-corrected chi connectivity index (χ4v) is 4.80. The number of ether oxygens (including phenoxy) is 2. The van der Waals surface area contributed by atoms with E-state index in [4.69, 9.17) is 14.6 Å². The number of phenolic OH excluding ortho intramolecular Hbond substituents is 2. The first-order valence-corrected chi connectivity index (χ1v) is 10.5. The summed E-state index contributed by atoms with van der Waals surface area (Å²) in [5.41, 5.74) is -5.95. The molecule has 2 aliphatic heterocycles. The van der Waals surface area contributed by atoms with Gasteiger partial charge in [-0.1, -0.05) is 0 Å². The van der Waals surface area contributed by atoms with Crippen LogP contribution in [-0.4, -0.2) is 33.0 Å². The Balaban J connectivity index is 1.93. The molecule has 7 nitrogen and oxygen atoms in total. The van der Waals surface area contributed by atoms with Crippen molar-refractivity contribution in [2.75, 3.05) is 5.75 Å². The maximum absolute atomic E-state index is 15.8. The molecule has 3 aromatic rings. The second-order valence-electron chi connectivity index (χ2n) is 7.47. The van der Waals surface area contributed by atoms with Crippen LogP contribution >= 0.6 is 11.8 Å². The van der Waals surface area contributed by atoms with Crippen molar-refractivity contribution in [3.05, 3.63) is 75.6 Å². The van der Waals surface area contributed by atoms with Crippen LogP contribution in [0.3, 0.4) is 0 Å². The van der Waals surface area contributed by atoms with E-state index < -0.39 is 103 Å². The molecule has 0 radical (unpaired) electrons. The molecule has 3 N–H and O–H groups in total. The van der Waals surface area contributed by atoms with Crippen molar-refractivity contribution in [2.24, 2.45) is 0 Å². The van der Waals surface area contributed by atoms with Crippen LogP contribution in [0.5, 0.6) is 23.0 Å². The van der Waals surface area contributed by atoms with E-state index in [1.807, 2.05) is 0 Å². The molecule has 180 valence electrons. The van der Waals surface area contributed by atoms with Crippen LogP contribution in [0.15, 0.2) is 29.2 Å². The number of phenols is 2. The van der Waals surface area contributed by atoms with Crippen molar-refractivity contribution in [1.82, 2.24) is 0 Å². The van der Waals surface area contributed by atoms with Crippen molar-refractivity contribution >= 4 is 23.7 Å². The molecule has 0 fully saturated rings. The first-order valence-electron chi connectivity index (χ1n) is 9.50. The van der Waals surface area contributed by atoms with E-state index in [0.29, 0.717) is 36.0 Å². The van der Waals surface area contributed by atoms with Gasteiger partial charge in [0.25, 0.3) is 0 Å². The quantitative estimate of drug-likeness (QED) is 0.267. The summed E-state index contributed by atoms with van der Waals surface area (Å²) in [6, 6.07) is 2.18. The first-order chi connectivity index (χ1) is 16.5. The number of esters is 1. The Labute approximate surface area is 195 Å². The number of halogens is 5. The molecule has 1 atom stereocenters. The SMILES string of the molecule is O=C(O)CSc1cc(F)c2c(c1F)C1(OC2=O)c2cc(F)c(O)cc2Oc2c1cc(F)c(O)c2F. The van der Waals surface area contributed by atoms with E-state index >= 15 is 8.78 Å². The van der Waals surface area contributed by atoms with Gasteiger partial charge in [0.15, 0.2) is 34.5 Å². The highest BCUT2D eigenvalue weighted by Gasteiger charge is 2.58. The fraction of sp³-hybridized carbons (Fsp3) is 0.0909. The molecule has 3 aromatic carbocycles. The lowest BCUT2D eigenvalue weighted by atomic mass is 9.77. The fourth-order valence-electron chi connectivity index (χ4n) is 4.11. The maximum atomic E-state index is 15.8. The average molecular weight is 512 g/mol. The van der Waals surface area contributed by atoms with Crippen LogP contribution in [0.1, 0.15) is 27.0 Å². The van der Waals surface area contributed by atoms with Crippen LogP contribution in [0.2, 0.25) is 0 Å². The number of carboxylic acids is 1. The number of carbonyl (C=O) groups is 2. The Morgan fingerprint density at radius 1 is 0.943 bits per heavy atom. The summed E-state index contributed by atoms with van der Waals surface area (Å²) in [5, 5.41) is 28.4. The largest absolute Gasteiger partial charge is 0.505 e. The van der Waals surface area contributed by atoms with Crippen LogP contribution in [-0.2, 0) is 15.1 Å². The summed E-state index contributed by atoms with van der Waals surface area (Å²) in [4.78, 5) is 23.1. The minimum absolute atomic E-state index is 0.346. The zero-order chi connectivity index (χ0) is 25.4. The molecule has 0 aliphatic carbocycles. The van der Waals surface area contributed by atoms with E-state index in [1.165, 1.54) is 0 Å². The average Bonchev–Trinajstić information content (AvgIpc) is 3.10. The first kappa shape index (κ1) is 22.8. The second-order valence-corrected chi connectivity index (χ2v) is 8.49. The van der Waals surface area contributed by atoms with Gasteiger partial charge in [0.2, 0.25) is 5.82 Å². The summed E-state index contributed by atoms with van der Waals surface area (Å²) in [5.74, 6) is -15.0. The lowest BCUT2D eigenvalue weighted by Gasteiger charge is -2.37. The molecule has 1 unspecified atom stereocenters. The lowest BCUT2D eigenvalue weighted by molar-refractivity contribution is -0.133. The lowest BCUT2D eigenvalue weighted by Crippen LogP contribution is -2.34. The van der Waals surface area contributed by atoms with Crippen LogP contribution in [0.25, 0.3) is 0 Å². The van der Waals surface area contributed by atoms with Gasteiger partial charge < -0.3 is 24.8 Å². The van der Waals surface area contributed by atoms with Gasteiger partial charge in [-0.15, -0.1) is 11.8 Å². The highest BCUT2D eigenvalue weighted by Crippen LogP contribution is 2.59. The third-order valence-electron chi connectivity index (χ3n) is 5.50. The number of thioether (sulfide) groups is 1. The molecule has 5 rings (SSSR count). The third kappa shape index (κ3) is 3.04. The van der Waals surface area contributed by atoms with Crippen molar-refractivity contribution in [3.8, 4) is 23.0 Å².